The van der Waals surface area contributed by atoms with Crippen LogP contribution in [0.15, 0.2) is 29.4 Å². The predicted octanol–water partition coefficient (Wildman–Crippen LogP) is 2.91. The van der Waals surface area contributed by atoms with E-state index in [1.165, 1.54) is 0 Å². The first-order valence-electron chi connectivity index (χ1n) is 7.35. The first-order valence-corrected chi connectivity index (χ1v) is 7.35. The Labute approximate surface area is 126 Å². The quantitative estimate of drug-likeness (QED) is 0.439. The van der Waals surface area contributed by atoms with Crippen molar-refractivity contribution in [3.63, 3.8) is 0 Å². The van der Waals surface area contributed by atoms with Gasteiger partial charge in [0.2, 0.25) is 0 Å². The molecular weight excluding hydrogens is 266 g/mol. The molecule has 0 fully saturated rings. The number of aryl methyl sites for hydroxylation is 1. The molecule has 3 N–H and O–H groups in total. The maximum atomic E-state index is 11.8. The van der Waals surface area contributed by atoms with Gasteiger partial charge >= 0.3 is 0 Å². The molecule has 1 amide bonds. The highest BCUT2D eigenvalue weighted by atomic mass is 16.6. The molecule has 0 bridgehead atoms. The number of para-hydroxylation sites is 1. The molecular formula is C16H25N3O2. The van der Waals surface area contributed by atoms with Crippen LogP contribution in [0.2, 0.25) is 0 Å². The first-order chi connectivity index (χ1) is 10.0. The number of nitrogens with two attached hydrogens (primary N) is 1. The fraction of sp³-hybridized carbons (Fsp3) is 0.500. The van der Waals surface area contributed by atoms with E-state index in [2.05, 4.69) is 24.3 Å². The van der Waals surface area contributed by atoms with Gasteiger partial charge in [0.15, 0.2) is 6.61 Å². The van der Waals surface area contributed by atoms with Gasteiger partial charge in [0.05, 0.1) is 0 Å². The number of nitrogens with zero attached hydrogens (tertiary/aromatic N) is 1. The molecule has 1 aromatic carbocycles. The summed E-state index contributed by atoms with van der Waals surface area (Å²) in [6, 6.07) is 7.69. The number of anilines is 1. The van der Waals surface area contributed by atoms with E-state index in [0.717, 1.165) is 24.1 Å². The molecule has 1 aromatic rings. The summed E-state index contributed by atoms with van der Waals surface area (Å²) in [6.45, 7) is 6.14. The third-order valence-electron chi connectivity index (χ3n) is 3.03. The van der Waals surface area contributed by atoms with Crippen LogP contribution in [0.4, 0.5) is 5.69 Å². The van der Waals surface area contributed by atoms with E-state index in [1.807, 2.05) is 31.2 Å². The average molecular weight is 291 g/mol. The monoisotopic (exact) mass is 291 g/mol. The molecule has 0 spiro atoms. The Kier molecular flexibility index (Phi) is 7.29. The lowest BCUT2D eigenvalue weighted by molar-refractivity contribution is -0.120. The second-order valence-electron chi connectivity index (χ2n) is 5.35. The third kappa shape index (κ3) is 6.79. The van der Waals surface area contributed by atoms with Gasteiger partial charge in [-0.2, -0.15) is 0 Å². The van der Waals surface area contributed by atoms with Crippen LogP contribution in [0.1, 0.15) is 39.2 Å². The second-order valence-corrected chi connectivity index (χ2v) is 5.35. The molecule has 0 atom stereocenters. The zero-order valence-corrected chi connectivity index (χ0v) is 13.1. The summed E-state index contributed by atoms with van der Waals surface area (Å²) >= 11 is 0. The number of benzene rings is 1. The highest BCUT2D eigenvalue weighted by molar-refractivity contribution is 5.92. The third-order valence-corrected chi connectivity index (χ3v) is 3.03. The molecule has 1 rings (SSSR count). The van der Waals surface area contributed by atoms with Crippen molar-refractivity contribution < 1.29 is 9.63 Å². The van der Waals surface area contributed by atoms with Gasteiger partial charge in [-0.3, -0.25) is 4.79 Å². The molecule has 0 saturated heterocycles. The summed E-state index contributed by atoms with van der Waals surface area (Å²) in [5, 5.41) is 6.57. The minimum absolute atomic E-state index is 0.138. The predicted molar refractivity (Wildman–Crippen MR) is 86.1 cm³/mol. The van der Waals surface area contributed by atoms with Crippen LogP contribution >= 0.6 is 0 Å². The Morgan fingerprint density at radius 1 is 1.38 bits per heavy atom. The van der Waals surface area contributed by atoms with Crippen LogP contribution in [0.3, 0.4) is 0 Å². The average Bonchev–Trinajstić information content (AvgIpc) is 2.45. The fourth-order valence-corrected chi connectivity index (χ4v) is 1.79. The summed E-state index contributed by atoms with van der Waals surface area (Å²) in [7, 11) is 0. The molecule has 5 heteroatoms. The van der Waals surface area contributed by atoms with Gasteiger partial charge in [-0.1, -0.05) is 44.1 Å². The van der Waals surface area contributed by atoms with Gasteiger partial charge in [-0.25, -0.2) is 0 Å². The highest BCUT2D eigenvalue weighted by Crippen LogP contribution is 2.15. The van der Waals surface area contributed by atoms with Crippen LogP contribution in [-0.2, 0) is 16.1 Å². The SMILES string of the molecule is CCc1ccccc1NC(=O)CO/N=C(\N)CCC(C)C. The van der Waals surface area contributed by atoms with Crippen LogP contribution < -0.4 is 11.1 Å². The zero-order valence-electron chi connectivity index (χ0n) is 13.1. The van der Waals surface area contributed by atoms with Gasteiger partial charge in [-0.15, -0.1) is 0 Å². The van der Waals surface area contributed by atoms with Gasteiger partial charge in [0.25, 0.3) is 5.91 Å². The van der Waals surface area contributed by atoms with Gasteiger partial charge < -0.3 is 15.9 Å². The zero-order chi connectivity index (χ0) is 15.7. The van der Waals surface area contributed by atoms with Crippen molar-refractivity contribution in [3.8, 4) is 0 Å². The Bertz CT molecular complexity index is 484. The van der Waals surface area contributed by atoms with Crippen LogP contribution in [-0.4, -0.2) is 18.3 Å². The van der Waals surface area contributed by atoms with E-state index in [4.69, 9.17) is 10.6 Å². The van der Waals surface area contributed by atoms with E-state index in [9.17, 15) is 4.79 Å². The minimum atomic E-state index is -0.240. The molecule has 0 aliphatic rings. The van der Waals surface area contributed by atoms with Gasteiger partial charge in [0, 0.05) is 12.1 Å². The molecule has 0 unspecified atom stereocenters. The normalized spacial score (nSPS) is 11.5. The lowest BCUT2D eigenvalue weighted by atomic mass is 10.1. The molecule has 0 heterocycles. The number of carbonyl (C=O) groups excluding carboxylic acids is 1. The molecule has 116 valence electrons. The lowest BCUT2D eigenvalue weighted by Gasteiger charge is -2.09. The smallest absolute Gasteiger partial charge is 0.265 e. The first kappa shape index (κ1) is 17.0. The molecule has 21 heavy (non-hydrogen) atoms. The number of amides is 1. The lowest BCUT2D eigenvalue weighted by Crippen LogP contribution is -2.19. The summed E-state index contributed by atoms with van der Waals surface area (Å²) < 4.78 is 0. The largest absolute Gasteiger partial charge is 0.384 e. The number of hydrogen-bond acceptors (Lipinski definition) is 3. The summed E-state index contributed by atoms with van der Waals surface area (Å²) in [5.41, 5.74) is 7.60. The van der Waals surface area contributed by atoms with Crippen molar-refractivity contribution >= 4 is 17.4 Å². The second kappa shape index (κ2) is 9.00. The Morgan fingerprint density at radius 2 is 2.10 bits per heavy atom. The highest BCUT2D eigenvalue weighted by Gasteiger charge is 2.06. The van der Waals surface area contributed by atoms with Crippen molar-refractivity contribution in [1.29, 1.82) is 0 Å². The Balaban J connectivity index is 2.39. The topological polar surface area (TPSA) is 76.7 Å². The van der Waals surface area contributed by atoms with E-state index in [-0.39, 0.29) is 12.5 Å². The van der Waals surface area contributed by atoms with E-state index in [1.54, 1.807) is 0 Å². The maximum Gasteiger partial charge on any atom is 0.265 e. The molecule has 0 aliphatic heterocycles. The molecule has 0 aliphatic carbocycles. The summed E-state index contributed by atoms with van der Waals surface area (Å²) in [6.07, 6.45) is 2.49. The number of amidine groups is 1. The van der Waals surface area contributed by atoms with Crippen molar-refractivity contribution in [2.75, 3.05) is 11.9 Å². The summed E-state index contributed by atoms with van der Waals surface area (Å²) in [5.74, 6) is 0.745. The van der Waals surface area contributed by atoms with Crippen molar-refractivity contribution in [3.05, 3.63) is 29.8 Å². The molecule has 0 saturated carbocycles. The number of carbonyl (C=O) groups is 1. The summed E-state index contributed by atoms with van der Waals surface area (Å²) in [4.78, 5) is 16.8. The van der Waals surface area contributed by atoms with Gasteiger partial charge in [-0.05, 0) is 30.4 Å². The molecule has 5 nitrogen and oxygen atoms in total. The minimum Gasteiger partial charge on any atom is -0.384 e. The number of oxime groups is 1. The number of hydrogen-bond donors (Lipinski definition) is 2. The van der Waals surface area contributed by atoms with Crippen LogP contribution in [0.25, 0.3) is 0 Å². The number of nitrogens with one attached hydrogen (secondary N) is 1. The van der Waals surface area contributed by atoms with E-state index < -0.39 is 0 Å². The number of rotatable bonds is 8. The van der Waals surface area contributed by atoms with Crippen LogP contribution in [0, 0.1) is 5.92 Å². The van der Waals surface area contributed by atoms with E-state index in [0.29, 0.717) is 18.2 Å². The molecule has 0 aromatic heterocycles. The maximum absolute atomic E-state index is 11.8. The van der Waals surface area contributed by atoms with Crippen molar-refractivity contribution in [2.45, 2.75) is 40.0 Å². The van der Waals surface area contributed by atoms with Gasteiger partial charge in [0.1, 0.15) is 5.84 Å². The standard InChI is InChI=1S/C16H25N3O2/c1-4-13-7-5-6-8-14(13)18-16(20)11-21-19-15(17)10-9-12(2)3/h5-8,12H,4,9-11H2,1-3H3,(H2,17,19)(H,18,20). The van der Waals surface area contributed by atoms with Crippen molar-refractivity contribution in [2.24, 2.45) is 16.8 Å². The van der Waals surface area contributed by atoms with Crippen molar-refractivity contribution in [1.82, 2.24) is 0 Å². The molecule has 0 radical (unpaired) electrons. The Morgan fingerprint density at radius 3 is 2.76 bits per heavy atom. The van der Waals surface area contributed by atoms with E-state index >= 15 is 0 Å². The van der Waals surface area contributed by atoms with Crippen LogP contribution in [0.5, 0.6) is 0 Å². The Hall–Kier alpha value is -2.04. The fourth-order valence-electron chi connectivity index (χ4n) is 1.79.